The van der Waals surface area contributed by atoms with Crippen LogP contribution in [0, 0.1) is 5.92 Å². The van der Waals surface area contributed by atoms with Gasteiger partial charge >= 0.3 is 5.97 Å². The van der Waals surface area contributed by atoms with Gasteiger partial charge in [0.25, 0.3) is 0 Å². The van der Waals surface area contributed by atoms with Crippen LogP contribution >= 0.6 is 0 Å². The van der Waals surface area contributed by atoms with Gasteiger partial charge in [-0.25, -0.2) is 8.42 Å². The summed E-state index contributed by atoms with van der Waals surface area (Å²) < 4.78 is 28.8. The first kappa shape index (κ1) is 13.9. The first-order valence-corrected chi connectivity index (χ1v) is 7.72. The number of aliphatic carboxylic acids is 1. The van der Waals surface area contributed by atoms with E-state index in [1.807, 2.05) is 0 Å². The summed E-state index contributed by atoms with van der Waals surface area (Å²) in [4.78, 5) is 11.2. The fraction of sp³-hybridized carbons (Fsp3) is 0.462. The molecule has 1 aliphatic rings. The third-order valence-corrected chi connectivity index (χ3v) is 5.78. The highest BCUT2D eigenvalue weighted by Gasteiger charge is 2.62. The summed E-state index contributed by atoms with van der Waals surface area (Å²) >= 11 is 0. The maximum atomic E-state index is 11.9. The smallest absolute Gasteiger partial charge is 0.308 e. The molecule has 0 heterocycles. The lowest BCUT2D eigenvalue weighted by molar-refractivity contribution is -0.138. The van der Waals surface area contributed by atoms with Gasteiger partial charge in [-0.1, -0.05) is 19.1 Å². The van der Waals surface area contributed by atoms with Gasteiger partial charge in [-0.2, -0.15) is 0 Å². The van der Waals surface area contributed by atoms with E-state index in [4.69, 9.17) is 9.84 Å². The highest BCUT2D eigenvalue weighted by molar-refractivity contribution is 7.92. The Balaban J connectivity index is 2.30. The fourth-order valence-electron chi connectivity index (χ4n) is 2.44. The van der Waals surface area contributed by atoms with Crippen molar-refractivity contribution in [2.24, 2.45) is 5.92 Å². The third-order valence-electron chi connectivity index (χ3n) is 3.56. The maximum Gasteiger partial charge on any atom is 0.308 e. The molecule has 0 unspecified atom stereocenters. The summed E-state index contributed by atoms with van der Waals surface area (Å²) in [6, 6.07) is 6.87. The Kier molecular flexibility index (Phi) is 3.54. The third kappa shape index (κ3) is 2.45. The Morgan fingerprint density at radius 3 is 2.32 bits per heavy atom. The number of sulfone groups is 1. The molecule has 19 heavy (non-hydrogen) atoms. The molecule has 6 heteroatoms. The van der Waals surface area contributed by atoms with Crippen LogP contribution in [-0.2, 0) is 14.6 Å². The highest BCUT2D eigenvalue weighted by Crippen LogP contribution is 2.52. The van der Waals surface area contributed by atoms with E-state index in [0.717, 1.165) is 5.56 Å². The number of hydrogen-bond acceptors (Lipinski definition) is 4. The molecule has 0 radical (unpaired) electrons. The second kappa shape index (κ2) is 4.85. The van der Waals surface area contributed by atoms with Gasteiger partial charge in [-0.3, -0.25) is 4.79 Å². The lowest BCUT2D eigenvalue weighted by Crippen LogP contribution is -2.14. The Hall–Kier alpha value is -1.56. The van der Waals surface area contributed by atoms with Gasteiger partial charge in [0, 0.05) is 11.7 Å². The van der Waals surface area contributed by atoms with E-state index in [9.17, 15) is 13.2 Å². The zero-order valence-electron chi connectivity index (χ0n) is 10.7. The molecule has 0 aromatic heterocycles. The fourth-order valence-corrected chi connectivity index (χ4v) is 4.24. The van der Waals surface area contributed by atoms with Crippen LogP contribution in [-0.4, -0.2) is 37.6 Å². The van der Waals surface area contributed by atoms with E-state index >= 15 is 0 Å². The molecule has 1 fully saturated rings. The number of methoxy groups -OCH3 is 1. The predicted octanol–water partition coefficient (Wildman–Crippen LogP) is 1.30. The molecule has 0 saturated heterocycles. The molecule has 2 rings (SSSR count). The van der Waals surface area contributed by atoms with Crippen LogP contribution < -0.4 is 4.74 Å². The summed E-state index contributed by atoms with van der Waals surface area (Å²) in [5.74, 6) is -1.71. The van der Waals surface area contributed by atoms with Crippen molar-refractivity contribution in [1.82, 2.24) is 0 Å². The molecular weight excluding hydrogens is 268 g/mol. The second-order valence-electron chi connectivity index (χ2n) is 4.58. The van der Waals surface area contributed by atoms with Crippen molar-refractivity contribution in [2.75, 3.05) is 12.9 Å². The van der Waals surface area contributed by atoms with Crippen molar-refractivity contribution in [3.63, 3.8) is 0 Å². The molecule has 1 saturated carbocycles. The van der Waals surface area contributed by atoms with Crippen molar-refractivity contribution in [3.8, 4) is 5.75 Å². The first-order valence-electron chi connectivity index (χ1n) is 6.00. The van der Waals surface area contributed by atoms with Crippen LogP contribution in [0.1, 0.15) is 18.4 Å². The van der Waals surface area contributed by atoms with Gasteiger partial charge in [0.1, 0.15) is 5.75 Å². The summed E-state index contributed by atoms with van der Waals surface area (Å²) in [5.41, 5.74) is 0.732. The van der Waals surface area contributed by atoms with E-state index in [1.165, 1.54) is 14.0 Å². The number of benzene rings is 1. The maximum absolute atomic E-state index is 11.9. The van der Waals surface area contributed by atoms with Crippen LogP contribution in [0.2, 0.25) is 0 Å². The summed E-state index contributed by atoms with van der Waals surface area (Å²) in [6.45, 7) is 1.54. The second-order valence-corrected chi connectivity index (χ2v) is 7.03. The Bertz CT molecular complexity index is 576. The number of ether oxygens (including phenoxy) is 1. The number of rotatable bonds is 5. The Morgan fingerprint density at radius 2 is 1.89 bits per heavy atom. The summed E-state index contributed by atoms with van der Waals surface area (Å²) in [7, 11) is -1.81. The molecule has 1 aliphatic carbocycles. The molecule has 0 aliphatic heterocycles. The van der Waals surface area contributed by atoms with E-state index in [1.54, 1.807) is 24.3 Å². The van der Waals surface area contributed by atoms with Crippen molar-refractivity contribution in [3.05, 3.63) is 29.8 Å². The number of carbonyl (C=O) groups is 1. The molecular formula is C13H16O5S. The predicted molar refractivity (Wildman–Crippen MR) is 70.1 cm³/mol. The van der Waals surface area contributed by atoms with Gasteiger partial charge in [0.15, 0.2) is 9.84 Å². The van der Waals surface area contributed by atoms with E-state index in [-0.39, 0.29) is 5.75 Å². The van der Waals surface area contributed by atoms with Crippen LogP contribution in [0.3, 0.4) is 0 Å². The van der Waals surface area contributed by atoms with Crippen LogP contribution in [0.25, 0.3) is 0 Å². The van der Waals surface area contributed by atoms with E-state index in [0.29, 0.717) is 5.75 Å². The average molecular weight is 284 g/mol. The van der Waals surface area contributed by atoms with Gasteiger partial charge < -0.3 is 9.84 Å². The molecule has 1 N–H and O–H groups in total. The van der Waals surface area contributed by atoms with Gasteiger partial charge in [-0.15, -0.1) is 0 Å². The van der Waals surface area contributed by atoms with Crippen LogP contribution in [0.4, 0.5) is 0 Å². The summed E-state index contributed by atoms with van der Waals surface area (Å²) in [5, 5.41) is 8.32. The summed E-state index contributed by atoms with van der Waals surface area (Å²) in [6.07, 6.45) is 0. The van der Waals surface area contributed by atoms with Crippen molar-refractivity contribution < 1.29 is 23.1 Å². The van der Waals surface area contributed by atoms with E-state index in [2.05, 4.69) is 0 Å². The zero-order chi connectivity index (χ0) is 14.2. The standard InChI is InChI=1S/C13H16O5S/c1-3-19(16,17)12-10(11(12)13(14)15)8-4-6-9(18-2)7-5-8/h4-7,10-12H,3H2,1-2H3,(H,14,15)/t10-,11+,12+/m1/s1. The molecule has 1 aromatic rings. The normalized spacial score (nSPS) is 25.9. The molecule has 0 spiro atoms. The molecule has 0 amide bonds. The molecule has 0 bridgehead atoms. The molecule has 5 nitrogen and oxygen atoms in total. The van der Waals surface area contributed by atoms with Crippen molar-refractivity contribution in [1.29, 1.82) is 0 Å². The van der Waals surface area contributed by atoms with Crippen molar-refractivity contribution >= 4 is 15.8 Å². The van der Waals surface area contributed by atoms with Crippen molar-refractivity contribution in [2.45, 2.75) is 18.1 Å². The zero-order valence-corrected chi connectivity index (χ0v) is 11.6. The minimum Gasteiger partial charge on any atom is -0.497 e. The SMILES string of the molecule is CCS(=O)(=O)[C@@H]1[C@@H](C(=O)O)[C@H]1c1ccc(OC)cc1. The highest BCUT2D eigenvalue weighted by atomic mass is 32.2. The minimum absolute atomic E-state index is 0.0336. The van der Waals surface area contributed by atoms with Gasteiger partial charge in [0.05, 0.1) is 18.3 Å². The largest absolute Gasteiger partial charge is 0.497 e. The first-order chi connectivity index (χ1) is 8.92. The van der Waals surface area contributed by atoms with Crippen LogP contribution in [0.5, 0.6) is 5.75 Å². The number of carboxylic acid groups (broad SMARTS) is 1. The lowest BCUT2D eigenvalue weighted by Gasteiger charge is -2.03. The number of carboxylic acids is 1. The molecule has 104 valence electrons. The quantitative estimate of drug-likeness (QED) is 0.881. The molecule has 3 atom stereocenters. The Labute approximate surface area is 112 Å². The minimum atomic E-state index is -3.34. The van der Waals surface area contributed by atoms with Gasteiger partial charge in [0.2, 0.25) is 0 Å². The monoisotopic (exact) mass is 284 g/mol. The van der Waals surface area contributed by atoms with Gasteiger partial charge in [-0.05, 0) is 17.7 Å². The lowest BCUT2D eigenvalue weighted by atomic mass is 10.1. The number of hydrogen-bond donors (Lipinski definition) is 1. The van der Waals surface area contributed by atoms with Crippen LogP contribution in [0.15, 0.2) is 24.3 Å². The Morgan fingerprint density at radius 1 is 1.32 bits per heavy atom. The topological polar surface area (TPSA) is 80.7 Å². The van der Waals surface area contributed by atoms with E-state index < -0.39 is 32.9 Å². The average Bonchev–Trinajstić information content (AvgIpc) is 3.15. The molecule has 1 aromatic carbocycles.